The summed E-state index contributed by atoms with van der Waals surface area (Å²) in [5.41, 5.74) is 1.89. The maximum absolute atomic E-state index is 12.4. The minimum absolute atomic E-state index is 0.0642. The quantitative estimate of drug-likeness (QED) is 0.676. The standard InChI is InChI=1S/C22H22F2N2O4/c23-22(24)30-18-5-1-16(2-6-18)4-8-21(27)26-11-9-25(10-12-26)14-17-3-7-19-20(13-17)29-15-28-19/h1-8,13,22H,9-12,14-15H2/b8-4-. The monoisotopic (exact) mass is 416 g/mol. The van der Waals surface area contributed by atoms with Gasteiger partial charge in [-0.15, -0.1) is 0 Å². The Morgan fingerprint density at radius 3 is 2.50 bits per heavy atom. The van der Waals surface area contributed by atoms with Gasteiger partial charge >= 0.3 is 6.61 Å². The molecular weight excluding hydrogens is 394 g/mol. The molecule has 1 saturated heterocycles. The summed E-state index contributed by atoms with van der Waals surface area (Å²) in [6.07, 6.45) is 3.18. The zero-order valence-electron chi connectivity index (χ0n) is 16.3. The van der Waals surface area contributed by atoms with Crippen molar-refractivity contribution in [2.24, 2.45) is 0 Å². The van der Waals surface area contributed by atoms with Gasteiger partial charge in [-0.2, -0.15) is 8.78 Å². The predicted octanol–water partition coefficient (Wildman–Crippen LogP) is 3.37. The minimum atomic E-state index is -2.85. The number of benzene rings is 2. The van der Waals surface area contributed by atoms with E-state index < -0.39 is 6.61 Å². The van der Waals surface area contributed by atoms with E-state index in [9.17, 15) is 13.6 Å². The first-order valence-electron chi connectivity index (χ1n) is 9.69. The number of fused-ring (bicyclic) bond motifs is 1. The van der Waals surface area contributed by atoms with Crippen molar-refractivity contribution < 1.29 is 27.8 Å². The molecule has 0 N–H and O–H groups in total. The van der Waals surface area contributed by atoms with E-state index in [2.05, 4.69) is 9.64 Å². The molecule has 0 saturated carbocycles. The van der Waals surface area contributed by atoms with Crippen molar-refractivity contribution in [2.75, 3.05) is 33.0 Å². The zero-order valence-corrected chi connectivity index (χ0v) is 16.3. The summed E-state index contributed by atoms with van der Waals surface area (Å²) in [6.45, 7) is 1.07. The van der Waals surface area contributed by atoms with Crippen molar-refractivity contribution in [1.82, 2.24) is 9.80 Å². The SMILES string of the molecule is O=C(/C=C\c1ccc(OC(F)F)cc1)N1CCN(Cc2ccc3c(c2)OCO3)CC1. The Labute approximate surface area is 173 Å². The second-order valence-electron chi connectivity index (χ2n) is 7.07. The third-order valence-corrected chi connectivity index (χ3v) is 5.05. The van der Waals surface area contributed by atoms with Gasteiger partial charge in [-0.3, -0.25) is 9.69 Å². The van der Waals surface area contributed by atoms with Crippen molar-refractivity contribution in [3.63, 3.8) is 0 Å². The second kappa shape index (κ2) is 9.13. The van der Waals surface area contributed by atoms with Crippen molar-refractivity contribution in [3.8, 4) is 17.2 Å². The summed E-state index contributed by atoms with van der Waals surface area (Å²) in [5, 5.41) is 0. The summed E-state index contributed by atoms with van der Waals surface area (Å²) < 4.78 is 39.4. The molecule has 0 aromatic heterocycles. The Kier molecular flexibility index (Phi) is 6.13. The van der Waals surface area contributed by atoms with E-state index in [1.807, 2.05) is 18.2 Å². The van der Waals surface area contributed by atoms with Gasteiger partial charge < -0.3 is 19.1 Å². The molecule has 1 fully saturated rings. The number of carbonyl (C=O) groups excluding carboxylic acids is 1. The van der Waals surface area contributed by atoms with Crippen molar-refractivity contribution in [3.05, 3.63) is 59.7 Å². The molecule has 2 aromatic carbocycles. The fraction of sp³-hybridized carbons (Fsp3) is 0.318. The molecule has 0 unspecified atom stereocenters. The van der Waals surface area contributed by atoms with Crippen LogP contribution < -0.4 is 14.2 Å². The highest BCUT2D eigenvalue weighted by atomic mass is 19.3. The fourth-order valence-electron chi connectivity index (χ4n) is 3.46. The Hall–Kier alpha value is -3.13. The number of carbonyl (C=O) groups is 1. The number of nitrogens with zero attached hydrogens (tertiary/aromatic N) is 2. The Bertz CT molecular complexity index is 910. The first-order chi connectivity index (χ1) is 14.6. The van der Waals surface area contributed by atoms with Crippen LogP contribution in [0.1, 0.15) is 11.1 Å². The molecule has 4 rings (SSSR count). The van der Waals surface area contributed by atoms with Gasteiger partial charge in [0.15, 0.2) is 11.5 Å². The van der Waals surface area contributed by atoms with Gasteiger partial charge in [0.05, 0.1) is 0 Å². The molecular formula is C22H22F2N2O4. The first-order valence-corrected chi connectivity index (χ1v) is 9.69. The van der Waals surface area contributed by atoms with Gasteiger partial charge in [0.2, 0.25) is 12.7 Å². The average molecular weight is 416 g/mol. The lowest BCUT2D eigenvalue weighted by Gasteiger charge is -2.34. The molecule has 0 spiro atoms. The highest BCUT2D eigenvalue weighted by Crippen LogP contribution is 2.32. The maximum atomic E-state index is 12.4. The third-order valence-electron chi connectivity index (χ3n) is 5.05. The van der Waals surface area contributed by atoms with Crippen LogP contribution in [0.2, 0.25) is 0 Å². The maximum Gasteiger partial charge on any atom is 0.387 e. The van der Waals surface area contributed by atoms with Gasteiger partial charge in [0.1, 0.15) is 5.75 Å². The summed E-state index contributed by atoms with van der Waals surface area (Å²) in [4.78, 5) is 16.5. The Balaban J connectivity index is 1.25. The lowest BCUT2D eigenvalue weighted by atomic mass is 10.1. The molecule has 0 bridgehead atoms. The van der Waals surface area contributed by atoms with E-state index in [-0.39, 0.29) is 18.4 Å². The zero-order chi connectivity index (χ0) is 20.9. The third kappa shape index (κ3) is 5.07. The van der Waals surface area contributed by atoms with Crippen molar-refractivity contribution in [1.29, 1.82) is 0 Å². The number of hydrogen-bond acceptors (Lipinski definition) is 5. The number of ether oxygens (including phenoxy) is 3. The molecule has 2 aromatic rings. The molecule has 6 nitrogen and oxygen atoms in total. The van der Waals surface area contributed by atoms with Crippen LogP contribution in [0.4, 0.5) is 8.78 Å². The van der Waals surface area contributed by atoms with Crippen LogP contribution in [0.3, 0.4) is 0 Å². The number of alkyl halides is 2. The van der Waals surface area contributed by atoms with Crippen molar-refractivity contribution in [2.45, 2.75) is 13.2 Å². The van der Waals surface area contributed by atoms with Gasteiger partial charge in [-0.05, 0) is 41.5 Å². The van der Waals surface area contributed by atoms with E-state index in [1.54, 1.807) is 23.1 Å². The summed E-state index contributed by atoms with van der Waals surface area (Å²) in [7, 11) is 0. The van der Waals surface area contributed by atoms with Crippen LogP contribution >= 0.6 is 0 Å². The van der Waals surface area contributed by atoms with Crippen LogP contribution in [-0.2, 0) is 11.3 Å². The van der Waals surface area contributed by atoms with E-state index in [4.69, 9.17) is 9.47 Å². The molecule has 30 heavy (non-hydrogen) atoms. The topological polar surface area (TPSA) is 51.2 Å². The average Bonchev–Trinajstić information content (AvgIpc) is 3.21. The van der Waals surface area contributed by atoms with Gasteiger partial charge in [0.25, 0.3) is 0 Å². The molecule has 2 heterocycles. The number of rotatable bonds is 6. The second-order valence-corrected chi connectivity index (χ2v) is 7.07. The molecule has 0 atom stereocenters. The van der Waals surface area contributed by atoms with Crippen LogP contribution in [0.5, 0.6) is 17.2 Å². The highest BCUT2D eigenvalue weighted by molar-refractivity contribution is 5.91. The predicted molar refractivity (Wildman–Crippen MR) is 107 cm³/mol. The van der Waals surface area contributed by atoms with Crippen LogP contribution in [-0.4, -0.2) is 55.3 Å². The Morgan fingerprint density at radius 1 is 1.03 bits per heavy atom. The van der Waals surface area contributed by atoms with Crippen LogP contribution in [0, 0.1) is 0 Å². The summed E-state index contributed by atoms with van der Waals surface area (Å²) in [5.74, 6) is 1.58. The molecule has 0 radical (unpaired) electrons. The molecule has 158 valence electrons. The van der Waals surface area contributed by atoms with Gasteiger partial charge in [0, 0.05) is 38.8 Å². The molecule has 2 aliphatic heterocycles. The lowest BCUT2D eigenvalue weighted by Crippen LogP contribution is -2.47. The first kappa shape index (κ1) is 20.2. The lowest BCUT2D eigenvalue weighted by molar-refractivity contribution is -0.127. The van der Waals surface area contributed by atoms with Crippen LogP contribution in [0.15, 0.2) is 48.5 Å². The number of piperazine rings is 1. The van der Waals surface area contributed by atoms with E-state index in [0.717, 1.165) is 42.3 Å². The number of halogens is 2. The summed E-state index contributed by atoms with van der Waals surface area (Å²) in [6, 6.07) is 12.1. The molecule has 0 aliphatic carbocycles. The summed E-state index contributed by atoms with van der Waals surface area (Å²) >= 11 is 0. The van der Waals surface area contributed by atoms with E-state index in [1.165, 1.54) is 18.2 Å². The molecule has 8 heteroatoms. The minimum Gasteiger partial charge on any atom is -0.454 e. The Morgan fingerprint density at radius 2 is 1.77 bits per heavy atom. The van der Waals surface area contributed by atoms with E-state index in [0.29, 0.717) is 13.1 Å². The van der Waals surface area contributed by atoms with Crippen molar-refractivity contribution >= 4 is 12.0 Å². The number of hydrogen-bond donors (Lipinski definition) is 0. The van der Waals surface area contributed by atoms with Gasteiger partial charge in [-0.25, -0.2) is 0 Å². The normalized spacial score (nSPS) is 16.4. The highest BCUT2D eigenvalue weighted by Gasteiger charge is 2.20. The molecule has 2 aliphatic rings. The largest absolute Gasteiger partial charge is 0.454 e. The smallest absolute Gasteiger partial charge is 0.387 e. The number of amides is 1. The molecule has 1 amide bonds. The van der Waals surface area contributed by atoms with Gasteiger partial charge in [-0.1, -0.05) is 18.2 Å². The fourth-order valence-corrected chi connectivity index (χ4v) is 3.46. The van der Waals surface area contributed by atoms with Crippen LogP contribution in [0.25, 0.3) is 6.08 Å². The van der Waals surface area contributed by atoms with E-state index >= 15 is 0 Å².